The van der Waals surface area contributed by atoms with Gasteiger partial charge in [0.25, 0.3) is 5.82 Å². The van der Waals surface area contributed by atoms with Crippen LogP contribution in [0.3, 0.4) is 0 Å². The number of Topliss-reactive ketones (excluding diaryl/α,β-unsaturated/α-hetero) is 1. The summed E-state index contributed by atoms with van der Waals surface area (Å²) in [6, 6.07) is 17.9. The number of benzene rings is 1. The Bertz CT molecular complexity index is 890. The molecule has 1 N–H and O–H groups in total. The highest BCUT2D eigenvalue weighted by Crippen LogP contribution is 2.05. The Hall–Kier alpha value is -2.99. The van der Waals surface area contributed by atoms with E-state index in [2.05, 4.69) is 5.32 Å². The quantitative estimate of drug-likeness (QED) is 0.355. The SMILES string of the molecule is O=C(C=Cc1ccco1)Nc1cccc[n+]1CC(=O)c1ccccc1.[Br-]. The molecule has 0 saturated carbocycles. The molecule has 5 nitrogen and oxygen atoms in total. The second kappa shape index (κ2) is 9.48. The normalized spacial score (nSPS) is 10.3. The van der Waals surface area contributed by atoms with Crippen LogP contribution >= 0.6 is 0 Å². The van der Waals surface area contributed by atoms with Gasteiger partial charge in [-0.3, -0.25) is 4.79 Å². The average Bonchev–Trinajstić information content (AvgIpc) is 3.16. The van der Waals surface area contributed by atoms with E-state index in [0.29, 0.717) is 17.1 Å². The third-order valence-corrected chi connectivity index (χ3v) is 3.54. The maximum absolute atomic E-state index is 12.4. The van der Waals surface area contributed by atoms with E-state index in [1.165, 1.54) is 12.3 Å². The number of hydrogen-bond donors (Lipinski definition) is 1. The number of ketones is 1. The fourth-order valence-electron chi connectivity index (χ4n) is 2.31. The van der Waals surface area contributed by atoms with Crippen molar-refractivity contribution in [2.45, 2.75) is 6.54 Å². The van der Waals surface area contributed by atoms with Crippen molar-refractivity contribution < 1.29 is 35.6 Å². The van der Waals surface area contributed by atoms with Gasteiger partial charge in [-0.25, -0.2) is 14.7 Å². The molecular weight excluding hydrogens is 396 g/mol. The van der Waals surface area contributed by atoms with Crippen LogP contribution in [0.5, 0.6) is 0 Å². The highest BCUT2D eigenvalue weighted by Gasteiger charge is 2.15. The minimum absolute atomic E-state index is 0. The highest BCUT2D eigenvalue weighted by molar-refractivity contribution is 6.01. The Kier molecular flexibility index (Phi) is 7.05. The van der Waals surface area contributed by atoms with Crippen LogP contribution in [0.15, 0.2) is 83.6 Å². The number of pyridine rings is 1. The molecule has 0 spiro atoms. The first kappa shape index (κ1) is 19.3. The molecule has 132 valence electrons. The van der Waals surface area contributed by atoms with Crippen LogP contribution in [-0.2, 0) is 11.3 Å². The lowest BCUT2D eigenvalue weighted by atomic mass is 10.1. The molecule has 0 fully saturated rings. The van der Waals surface area contributed by atoms with Gasteiger partial charge < -0.3 is 21.4 Å². The number of carbonyl (C=O) groups excluding carboxylic acids is 2. The van der Waals surface area contributed by atoms with Crippen molar-refractivity contribution in [3.63, 3.8) is 0 Å². The molecule has 0 aliphatic heterocycles. The zero-order valence-corrected chi connectivity index (χ0v) is 15.4. The van der Waals surface area contributed by atoms with Crippen molar-refractivity contribution in [3.05, 3.63) is 90.5 Å². The fourth-order valence-corrected chi connectivity index (χ4v) is 2.31. The molecule has 1 amide bonds. The minimum Gasteiger partial charge on any atom is -1.00 e. The maximum atomic E-state index is 12.4. The Morgan fingerprint density at radius 1 is 1.00 bits per heavy atom. The summed E-state index contributed by atoms with van der Waals surface area (Å²) in [6.07, 6.45) is 6.26. The lowest BCUT2D eigenvalue weighted by Crippen LogP contribution is -3.00. The van der Waals surface area contributed by atoms with Gasteiger partial charge in [0, 0.05) is 17.7 Å². The Morgan fingerprint density at radius 2 is 1.77 bits per heavy atom. The Labute approximate surface area is 161 Å². The predicted molar refractivity (Wildman–Crippen MR) is 93.8 cm³/mol. The number of nitrogens with zero attached hydrogens (tertiary/aromatic N) is 1. The van der Waals surface area contributed by atoms with E-state index in [9.17, 15) is 9.59 Å². The van der Waals surface area contributed by atoms with Gasteiger partial charge in [-0.15, -0.1) is 0 Å². The van der Waals surface area contributed by atoms with Crippen molar-refractivity contribution in [1.29, 1.82) is 0 Å². The molecule has 6 heteroatoms. The van der Waals surface area contributed by atoms with Gasteiger partial charge >= 0.3 is 5.91 Å². The first-order valence-electron chi connectivity index (χ1n) is 7.82. The van der Waals surface area contributed by atoms with Crippen LogP contribution in [0.25, 0.3) is 6.08 Å². The molecule has 3 aromatic rings. The lowest BCUT2D eigenvalue weighted by molar-refractivity contribution is -0.668. The Balaban J connectivity index is 0.00000243. The van der Waals surface area contributed by atoms with E-state index in [0.717, 1.165) is 0 Å². The number of nitrogens with one attached hydrogen (secondary N) is 1. The average molecular weight is 413 g/mol. The van der Waals surface area contributed by atoms with Gasteiger partial charge in [-0.2, -0.15) is 0 Å². The number of anilines is 1. The van der Waals surface area contributed by atoms with Crippen molar-refractivity contribution in [2.75, 3.05) is 5.32 Å². The van der Waals surface area contributed by atoms with Crippen LogP contribution in [0.2, 0.25) is 0 Å². The topological polar surface area (TPSA) is 63.2 Å². The second-order valence-corrected chi connectivity index (χ2v) is 5.34. The van der Waals surface area contributed by atoms with Gasteiger partial charge in [0.15, 0.2) is 6.54 Å². The summed E-state index contributed by atoms with van der Waals surface area (Å²) in [6.45, 7) is 0.141. The molecular formula is C20H17BrN2O3. The van der Waals surface area contributed by atoms with E-state index in [1.807, 2.05) is 24.3 Å². The van der Waals surface area contributed by atoms with Crippen LogP contribution in [-0.4, -0.2) is 11.7 Å². The third-order valence-electron chi connectivity index (χ3n) is 3.54. The molecule has 0 bridgehead atoms. The van der Waals surface area contributed by atoms with E-state index in [-0.39, 0.29) is 35.2 Å². The molecule has 0 aliphatic rings. The molecule has 1 aromatic carbocycles. The van der Waals surface area contributed by atoms with Crippen molar-refractivity contribution in [1.82, 2.24) is 0 Å². The smallest absolute Gasteiger partial charge is 0.331 e. The van der Waals surface area contributed by atoms with Gasteiger partial charge in [-0.1, -0.05) is 36.4 Å². The molecule has 2 heterocycles. The van der Waals surface area contributed by atoms with Crippen molar-refractivity contribution in [3.8, 4) is 0 Å². The maximum Gasteiger partial charge on any atom is 0.331 e. The molecule has 0 aliphatic carbocycles. The summed E-state index contributed by atoms with van der Waals surface area (Å²) in [5.41, 5.74) is 0.633. The lowest BCUT2D eigenvalue weighted by Gasteiger charge is -2.05. The number of amides is 1. The van der Waals surface area contributed by atoms with Crippen LogP contribution in [0, 0.1) is 0 Å². The third kappa shape index (κ3) is 5.26. The van der Waals surface area contributed by atoms with Crippen molar-refractivity contribution >= 4 is 23.6 Å². The first-order valence-corrected chi connectivity index (χ1v) is 7.82. The summed E-state index contributed by atoms with van der Waals surface area (Å²) in [5.74, 6) is 0.804. The van der Waals surface area contributed by atoms with E-state index < -0.39 is 0 Å². The number of carbonyl (C=O) groups is 2. The molecule has 2 aromatic heterocycles. The number of rotatable bonds is 6. The summed E-state index contributed by atoms with van der Waals surface area (Å²) < 4.78 is 6.85. The summed E-state index contributed by atoms with van der Waals surface area (Å²) in [4.78, 5) is 24.5. The van der Waals surface area contributed by atoms with Crippen molar-refractivity contribution in [2.24, 2.45) is 0 Å². The first-order chi connectivity index (χ1) is 12.2. The second-order valence-electron chi connectivity index (χ2n) is 5.34. The zero-order chi connectivity index (χ0) is 17.5. The molecule has 0 saturated heterocycles. The highest BCUT2D eigenvalue weighted by atomic mass is 79.9. The van der Waals surface area contributed by atoms with Crippen LogP contribution in [0.1, 0.15) is 16.1 Å². The molecule has 3 rings (SSSR count). The largest absolute Gasteiger partial charge is 1.00 e. The zero-order valence-electron chi connectivity index (χ0n) is 13.8. The van der Waals surface area contributed by atoms with Gasteiger partial charge in [0.2, 0.25) is 5.78 Å². The number of hydrogen-bond acceptors (Lipinski definition) is 3. The summed E-state index contributed by atoms with van der Waals surface area (Å²) in [7, 11) is 0. The number of aromatic nitrogens is 1. The molecule has 0 unspecified atom stereocenters. The summed E-state index contributed by atoms with van der Waals surface area (Å²) in [5, 5.41) is 2.77. The van der Waals surface area contributed by atoms with Crippen LogP contribution < -0.4 is 26.9 Å². The predicted octanol–water partition coefficient (Wildman–Crippen LogP) is 0.106. The van der Waals surface area contributed by atoms with Crippen LogP contribution in [0.4, 0.5) is 5.82 Å². The molecule has 0 atom stereocenters. The number of furan rings is 1. The van der Waals surface area contributed by atoms with E-state index in [4.69, 9.17) is 4.42 Å². The monoisotopic (exact) mass is 412 g/mol. The van der Waals surface area contributed by atoms with E-state index >= 15 is 0 Å². The van der Waals surface area contributed by atoms with Gasteiger partial charge in [0.05, 0.1) is 12.5 Å². The molecule has 0 radical (unpaired) electrons. The standard InChI is InChI=1S/C20H16N2O3.BrH/c23-18(16-7-2-1-3-8-16)15-22-13-5-4-10-19(22)21-20(24)12-11-17-9-6-14-25-17;/h1-14H,15H2;1H. The van der Waals surface area contributed by atoms with Gasteiger partial charge in [-0.05, 0) is 24.3 Å². The van der Waals surface area contributed by atoms with E-state index in [1.54, 1.807) is 53.2 Å². The minimum atomic E-state index is -0.302. The fraction of sp³-hybridized carbons (Fsp3) is 0.0500. The number of halogens is 1. The Morgan fingerprint density at radius 3 is 2.50 bits per heavy atom. The summed E-state index contributed by atoms with van der Waals surface area (Å²) >= 11 is 0. The molecule has 26 heavy (non-hydrogen) atoms. The van der Waals surface area contributed by atoms with Gasteiger partial charge in [0.1, 0.15) is 5.76 Å².